The fourth-order valence-electron chi connectivity index (χ4n) is 2.28. The highest BCUT2D eigenvalue weighted by Gasteiger charge is 2.17. The molecule has 3 aromatic rings. The molecule has 1 aromatic heterocycles. The van der Waals surface area contributed by atoms with Crippen LogP contribution in [-0.2, 0) is 4.74 Å². The van der Waals surface area contributed by atoms with Crippen LogP contribution in [0.15, 0.2) is 54.6 Å². The maximum Gasteiger partial charge on any atom is 0.337 e. The minimum atomic E-state index is -0.436. The van der Waals surface area contributed by atoms with Gasteiger partial charge in [0.2, 0.25) is 0 Å². The van der Waals surface area contributed by atoms with Crippen LogP contribution in [0.1, 0.15) is 16.1 Å². The number of carbonyl (C=O) groups excluding carboxylic acids is 1. The molecule has 0 saturated carbocycles. The van der Waals surface area contributed by atoms with E-state index in [2.05, 4.69) is 10.3 Å². The van der Waals surface area contributed by atoms with Gasteiger partial charge in [-0.3, -0.25) is 0 Å². The summed E-state index contributed by atoms with van der Waals surface area (Å²) in [5.41, 5.74) is 2.64. The molecule has 112 valence electrons. The van der Waals surface area contributed by atoms with E-state index in [1.807, 2.05) is 36.4 Å². The molecular weight excluding hydrogens is 292 g/mol. The first-order chi connectivity index (χ1) is 11.2. The van der Waals surface area contributed by atoms with Gasteiger partial charge in [-0.15, -0.1) is 5.10 Å². The Balaban J connectivity index is 2.17. The van der Waals surface area contributed by atoms with E-state index in [-0.39, 0.29) is 5.69 Å². The second-order valence-corrected chi connectivity index (χ2v) is 4.72. The number of esters is 1. The van der Waals surface area contributed by atoms with Crippen LogP contribution in [0.25, 0.3) is 16.9 Å². The zero-order valence-corrected chi connectivity index (χ0v) is 12.3. The number of ether oxygens (including phenoxy) is 1. The van der Waals surface area contributed by atoms with Crippen molar-refractivity contribution in [1.82, 2.24) is 15.0 Å². The molecule has 0 aliphatic carbocycles. The number of methoxy groups -OCH3 is 1. The van der Waals surface area contributed by atoms with Gasteiger partial charge in [-0.1, -0.05) is 41.6 Å². The predicted molar refractivity (Wildman–Crippen MR) is 82.8 cm³/mol. The molecule has 2 aromatic carbocycles. The van der Waals surface area contributed by atoms with Gasteiger partial charge in [0.25, 0.3) is 0 Å². The standard InChI is InChI=1S/C17H12N4O2/c1-23-17(22)13-8-5-9-14(10-13)21-16(15(11-18)19-20-21)12-6-3-2-4-7-12/h2-10H,1H3. The first-order valence-corrected chi connectivity index (χ1v) is 6.84. The number of rotatable bonds is 3. The van der Waals surface area contributed by atoms with Crippen LogP contribution >= 0.6 is 0 Å². The van der Waals surface area contributed by atoms with Crippen molar-refractivity contribution in [2.75, 3.05) is 7.11 Å². The minimum absolute atomic E-state index is 0.222. The van der Waals surface area contributed by atoms with Gasteiger partial charge in [-0.05, 0) is 18.2 Å². The number of nitrogens with zero attached hydrogens (tertiary/aromatic N) is 4. The molecule has 0 aliphatic rings. The zero-order chi connectivity index (χ0) is 16.2. The van der Waals surface area contributed by atoms with Gasteiger partial charge in [-0.25, -0.2) is 9.48 Å². The third kappa shape index (κ3) is 2.68. The van der Waals surface area contributed by atoms with E-state index in [4.69, 9.17) is 4.74 Å². The van der Waals surface area contributed by atoms with Gasteiger partial charge < -0.3 is 4.74 Å². The number of hydrogen-bond donors (Lipinski definition) is 0. The van der Waals surface area contributed by atoms with Gasteiger partial charge in [0.05, 0.1) is 18.4 Å². The van der Waals surface area contributed by atoms with Crippen molar-refractivity contribution in [1.29, 1.82) is 5.26 Å². The Morgan fingerprint density at radius 3 is 2.65 bits per heavy atom. The lowest BCUT2D eigenvalue weighted by atomic mass is 10.1. The van der Waals surface area contributed by atoms with Gasteiger partial charge in [-0.2, -0.15) is 5.26 Å². The van der Waals surface area contributed by atoms with Crippen LogP contribution in [0.5, 0.6) is 0 Å². The van der Waals surface area contributed by atoms with Crippen LogP contribution in [0.3, 0.4) is 0 Å². The van der Waals surface area contributed by atoms with E-state index in [1.165, 1.54) is 7.11 Å². The van der Waals surface area contributed by atoms with Gasteiger partial charge in [0.15, 0.2) is 5.69 Å². The Morgan fingerprint density at radius 2 is 1.96 bits per heavy atom. The lowest BCUT2D eigenvalue weighted by Crippen LogP contribution is -2.04. The maximum absolute atomic E-state index is 11.7. The quantitative estimate of drug-likeness (QED) is 0.695. The molecule has 0 radical (unpaired) electrons. The Morgan fingerprint density at radius 1 is 1.17 bits per heavy atom. The summed E-state index contributed by atoms with van der Waals surface area (Å²) in [4.78, 5) is 11.7. The molecule has 6 nitrogen and oxygen atoms in total. The number of benzene rings is 2. The summed E-state index contributed by atoms with van der Waals surface area (Å²) in [6.45, 7) is 0. The first-order valence-electron chi connectivity index (χ1n) is 6.84. The Labute approximate surface area is 132 Å². The Hall–Kier alpha value is -3.46. The second kappa shape index (κ2) is 6.12. The van der Waals surface area contributed by atoms with Crippen molar-refractivity contribution >= 4 is 5.97 Å². The van der Waals surface area contributed by atoms with E-state index in [1.54, 1.807) is 28.9 Å². The summed E-state index contributed by atoms with van der Waals surface area (Å²) in [6, 6.07) is 18.2. The van der Waals surface area contributed by atoms with Crippen molar-refractivity contribution in [3.05, 3.63) is 65.9 Å². The highest BCUT2D eigenvalue weighted by atomic mass is 16.5. The van der Waals surface area contributed by atoms with Gasteiger partial charge >= 0.3 is 5.97 Å². The van der Waals surface area contributed by atoms with Crippen LogP contribution in [0, 0.1) is 11.3 Å². The monoisotopic (exact) mass is 304 g/mol. The lowest BCUT2D eigenvalue weighted by molar-refractivity contribution is 0.0600. The molecule has 0 spiro atoms. The molecule has 0 atom stereocenters. The van der Waals surface area contributed by atoms with Crippen molar-refractivity contribution in [3.63, 3.8) is 0 Å². The summed E-state index contributed by atoms with van der Waals surface area (Å²) < 4.78 is 6.27. The van der Waals surface area contributed by atoms with Crippen LogP contribution in [-0.4, -0.2) is 28.1 Å². The summed E-state index contributed by atoms with van der Waals surface area (Å²) in [5.74, 6) is -0.436. The second-order valence-electron chi connectivity index (χ2n) is 4.72. The zero-order valence-electron chi connectivity index (χ0n) is 12.3. The van der Waals surface area contributed by atoms with Crippen molar-refractivity contribution in [2.45, 2.75) is 0 Å². The summed E-state index contributed by atoms with van der Waals surface area (Å²) in [5, 5.41) is 17.3. The number of nitriles is 1. The third-order valence-corrected chi connectivity index (χ3v) is 3.34. The van der Waals surface area contributed by atoms with Gasteiger partial charge in [0, 0.05) is 5.56 Å². The highest BCUT2D eigenvalue weighted by Crippen LogP contribution is 2.25. The summed E-state index contributed by atoms with van der Waals surface area (Å²) in [7, 11) is 1.33. The van der Waals surface area contributed by atoms with Crippen LogP contribution in [0.2, 0.25) is 0 Å². The average Bonchev–Trinajstić information content (AvgIpc) is 3.06. The molecule has 3 rings (SSSR count). The van der Waals surface area contributed by atoms with E-state index >= 15 is 0 Å². The molecule has 0 aliphatic heterocycles. The van der Waals surface area contributed by atoms with E-state index in [9.17, 15) is 10.1 Å². The fourth-order valence-corrected chi connectivity index (χ4v) is 2.28. The number of carbonyl (C=O) groups is 1. The van der Waals surface area contributed by atoms with Crippen LogP contribution in [0.4, 0.5) is 0 Å². The van der Waals surface area contributed by atoms with Crippen molar-refractivity contribution < 1.29 is 9.53 Å². The smallest absolute Gasteiger partial charge is 0.337 e. The minimum Gasteiger partial charge on any atom is -0.465 e. The SMILES string of the molecule is COC(=O)c1cccc(-n2nnc(C#N)c2-c2ccccc2)c1. The summed E-state index contributed by atoms with van der Waals surface area (Å²) >= 11 is 0. The maximum atomic E-state index is 11.7. The van der Waals surface area contributed by atoms with Crippen molar-refractivity contribution in [3.8, 4) is 23.0 Å². The highest BCUT2D eigenvalue weighted by molar-refractivity contribution is 5.90. The molecule has 23 heavy (non-hydrogen) atoms. The Kier molecular flexibility index (Phi) is 3.85. The normalized spacial score (nSPS) is 10.1. The third-order valence-electron chi connectivity index (χ3n) is 3.34. The number of hydrogen-bond acceptors (Lipinski definition) is 5. The molecule has 0 unspecified atom stereocenters. The first kappa shape index (κ1) is 14.5. The Bertz CT molecular complexity index is 894. The van der Waals surface area contributed by atoms with Gasteiger partial charge in [0.1, 0.15) is 11.8 Å². The van der Waals surface area contributed by atoms with E-state index in [0.29, 0.717) is 16.9 Å². The molecule has 6 heteroatoms. The summed E-state index contributed by atoms with van der Waals surface area (Å²) in [6.07, 6.45) is 0. The molecule has 0 amide bonds. The predicted octanol–water partition coefficient (Wildman–Crippen LogP) is 2.59. The van der Waals surface area contributed by atoms with Crippen LogP contribution < -0.4 is 0 Å². The average molecular weight is 304 g/mol. The molecule has 0 N–H and O–H groups in total. The largest absolute Gasteiger partial charge is 0.465 e. The van der Waals surface area contributed by atoms with E-state index < -0.39 is 5.97 Å². The molecular formula is C17H12N4O2. The molecule has 0 saturated heterocycles. The molecule has 0 bridgehead atoms. The molecule has 1 heterocycles. The molecule has 0 fully saturated rings. The topological polar surface area (TPSA) is 80.8 Å². The fraction of sp³-hybridized carbons (Fsp3) is 0.0588. The van der Waals surface area contributed by atoms with E-state index in [0.717, 1.165) is 5.56 Å². The van der Waals surface area contributed by atoms with Crippen molar-refractivity contribution in [2.24, 2.45) is 0 Å². The lowest BCUT2D eigenvalue weighted by Gasteiger charge is -2.08. The number of aromatic nitrogens is 3.